The van der Waals surface area contributed by atoms with E-state index in [1.807, 2.05) is 0 Å². The van der Waals surface area contributed by atoms with Crippen LogP contribution >= 0.6 is 11.6 Å². The molecule has 0 fully saturated rings. The Bertz CT molecular complexity index is 780. The zero-order valence-electron chi connectivity index (χ0n) is 12.1. The van der Waals surface area contributed by atoms with Crippen molar-refractivity contribution in [1.29, 1.82) is 0 Å². The number of nitrogens with zero attached hydrogens (tertiary/aromatic N) is 1. The van der Waals surface area contributed by atoms with Crippen LogP contribution in [0.1, 0.15) is 6.92 Å². The largest absolute Gasteiger partial charge is 0.495 e. The van der Waals surface area contributed by atoms with E-state index in [1.165, 1.54) is 43.5 Å². The molecule has 4 nitrogen and oxygen atoms in total. The maximum absolute atomic E-state index is 13.9. The summed E-state index contributed by atoms with van der Waals surface area (Å²) in [6.45, 7) is 1.72. The monoisotopic (exact) mass is 343 g/mol. The van der Waals surface area contributed by atoms with E-state index in [0.717, 1.165) is 4.31 Å². The Hall–Kier alpha value is -1.79. The summed E-state index contributed by atoms with van der Waals surface area (Å²) in [5.41, 5.74) is -0.00283. The molecule has 22 heavy (non-hydrogen) atoms. The molecular weight excluding hydrogens is 329 g/mol. The van der Waals surface area contributed by atoms with Crippen LogP contribution < -0.4 is 9.04 Å². The van der Waals surface area contributed by atoms with Crippen LogP contribution in [-0.2, 0) is 10.0 Å². The fourth-order valence-electron chi connectivity index (χ4n) is 2.06. The summed E-state index contributed by atoms with van der Waals surface area (Å²) < 4.78 is 45.4. The molecule has 7 heteroatoms. The molecule has 0 aliphatic rings. The molecule has 0 atom stereocenters. The maximum atomic E-state index is 13.9. The van der Waals surface area contributed by atoms with Crippen molar-refractivity contribution >= 4 is 27.3 Å². The van der Waals surface area contributed by atoms with Gasteiger partial charge in [0.05, 0.1) is 22.7 Å². The molecule has 0 radical (unpaired) electrons. The lowest BCUT2D eigenvalue weighted by Gasteiger charge is -2.23. The van der Waals surface area contributed by atoms with Crippen molar-refractivity contribution in [3.63, 3.8) is 0 Å². The van der Waals surface area contributed by atoms with Gasteiger partial charge in [-0.15, -0.1) is 0 Å². The van der Waals surface area contributed by atoms with E-state index in [-0.39, 0.29) is 22.2 Å². The third kappa shape index (κ3) is 3.03. The summed E-state index contributed by atoms with van der Waals surface area (Å²) in [5, 5.41) is 0.174. The smallest absolute Gasteiger partial charge is 0.264 e. The van der Waals surface area contributed by atoms with Crippen LogP contribution in [0.3, 0.4) is 0 Å². The van der Waals surface area contributed by atoms with Crippen molar-refractivity contribution in [1.82, 2.24) is 0 Å². The Kier molecular flexibility index (Phi) is 4.93. The Morgan fingerprint density at radius 2 is 1.91 bits per heavy atom. The number of anilines is 1. The number of rotatable bonds is 5. The average Bonchev–Trinajstić information content (AvgIpc) is 2.49. The van der Waals surface area contributed by atoms with Crippen LogP contribution in [0.2, 0.25) is 5.02 Å². The lowest BCUT2D eigenvalue weighted by atomic mass is 10.3. The van der Waals surface area contributed by atoms with Gasteiger partial charge in [0, 0.05) is 6.54 Å². The van der Waals surface area contributed by atoms with Crippen molar-refractivity contribution in [2.24, 2.45) is 0 Å². The highest BCUT2D eigenvalue weighted by atomic mass is 35.5. The normalized spacial score (nSPS) is 11.3. The van der Waals surface area contributed by atoms with Gasteiger partial charge in [-0.25, -0.2) is 12.8 Å². The van der Waals surface area contributed by atoms with Crippen LogP contribution in [0.5, 0.6) is 5.75 Å². The van der Waals surface area contributed by atoms with Gasteiger partial charge in [-0.3, -0.25) is 4.31 Å². The second-order valence-corrected chi connectivity index (χ2v) is 6.69. The molecule has 0 amide bonds. The highest BCUT2D eigenvalue weighted by Gasteiger charge is 2.26. The zero-order chi connectivity index (χ0) is 16.3. The first-order valence-electron chi connectivity index (χ1n) is 6.52. The molecule has 118 valence electrons. The fourth-order valence-corrected chi connectivity index (χ4v) is 3.89. The molecule has 0 saturated carbocycles. The summed E-state index contributed by atoms with van der Waals surface area (Å²) in [6, 6.07) is 9.85. The molecule has 0 unspecified atom stereocenters. The van der Waals surface area contributed by atoms with Gasteiger partial charge in [0.2, 0.25) is 0 Å². The summed E-state index contributed by atoms with van der Waals surface area (Å²) in [5.74, 6) is -0.234. The maximum Gasteiger partial charge on any atom is 0.264 e. The molecule has 2 aromatic rings. The standard InChI is InChI=1S/C15H15ClFNO3S/c1-3-18(14-7-5-4-6-13(14)17)22(19,20)11-8-9-15(21-2)12(16)10-11/h4-10H,3H2,1-2H3. The molecular formula is C15H15ClFNO3S. The van der Waals surface area contributed by atoms with Crippen LogP contribution in [0, 0.1) is 5.82 Å². The van der Waals surface area contributed by atoms with E-state index in [4.69, 9.17) is 16.3 Å². The van der Waals surface area contributed by atoms with Gasteiger partial charge in [0.15, 0.2) is 0 Å². The van der Waals surface area contributed by atoms with Gasteiger partial charge in [-0.2, -0.15) is 0 Å². The van der Waals surface area contributed by atoms with Crippen molar-refractivity contribution < 1.29 is 17.5 Å². The van der Waals surface area contributed by atoms with Gasteiger partial charge in [-0.05, 0) is 37.3 Å². The van der Waals surface area contributed by atoms with Crippen molar-refractivity contribution in [2.75, 3.05) is 18.0 Å². The minimum Gasteiger partial charge on any atom is -0.495 e. The lowest BCUT2D eigenvalue weighted by molar-refractivity contribution is 0.414. The van der Waals surface area contributed by atoms with E-state index in [2.05, 4.69) is 0 Å². The van der Waals surface area contributed by atoms with Crippen molar-refractivity contribution in [3.05, 3.63) is 53.3 Å². The van der Waals surface area contributed by atoms with E-state index in [1.54, 1.807) is 13.0 Å². The first-order chi connectivity index (χ1) is 10.4. The molecule has 2 rings (SSSR count). The SMILES string of the molecule is CCN(c1ccccc1F)S(=O)(=O)c1ccc(OC)c(Cl)c1. The number of halogens is 2. The average molecular weight is 344 g/mol. The van der Waals surface area contributed by atoms with Gasteiger partial charge < -0.3 is 4.74 Å². The summed E-state index contributed by atoms with van der Waals surface area (Å²) in [6.07, 6.45) is 0. The quantitative estimate of drug-likeness (QED) is 0.831. The van der Waals surface area contributed by atoms with E-state index < -0.39 is 15.8 Å². The zero-order valence-corrected chi connectivity index (χ0v) is 13.7. The number of benzene rings is 2. The Labute approximate surface area is 134 Å². The van der Waals surface area contributed by atoms with Gasteiger partial charge in [0.25, 0.3) is 10.0 Å². The predicted molar refractivity (Wildman–Crippen MR) is 84.6 cm³/mol. The predicted octanol–water partition coefficient (Wildman–Crippen LogP) is 3.70. The minimum absolute atomic E-state index is 0.00283. The Balaban J connectivity index is 2.52. The van der Waals surface area contributed by atoms with Crippen LogP contribution in [0.15, 0.2) is 47.4 Å². The molecule has 2 aromatic carbocycles. The van der Waals surface area contributed by atoms with Gasteiger partial charge in [-0.1, -0.05) is 23.7 Å². The molecule has 0 spiro atoms. The number of sulfonamides is 1. The lowest BCUT2D eigenvalue weighted by Crippen LogP contribution is -2.31. The number of ether oxygens (including phenoxy) is 1. The molecule has 0 N–H and O–H groups in total. The number of para-hydroxylation sites is 1. The molecule has 0 saturated heterocycles. The summed E-state index contributed by atoms with van der Waals surface area (Å²) in [7, 11) is -2.48. The Morgan fingerprint density at radius 1 is 1.23 bits per heavy atom. The third-order valence-electron chi connectivity index (χ3n) is 3.12. The highest BCUT2D eigenvalue weighted by molar-refractivity contribution is 7.92. The molecule has 0 aromatic heterocycles. The highest BCUT2D eigenvalue weighted by Crippen LogP contribution is 2.31. The van der Waals surface area contributed by atoms with Crippen molar-refractivity contribution in [2.45, 2.75) is 11.8 Å². The number of hydrogen-bond donors (Lipinski definition) is 0. The first-order valence-corrected chi connectivity index (χ1v) is 8.34. The van der Waals surface area contributed by atoms with Crippen LogP contribution in [0.25, 0.3) is 0 Å². The van der Waals surface area contributed by atoms with E-state index >= 15 is 0 Å². The summed E-state index contributed by atoms with van der Waals surface area (Å²) >= 11 is 5.98. The van der Waals surface area contributed by atoms with E-state index in [0.29, 0.717) is 5.75 Å². The van der Waals surface area contributed by atoms with Crippen LogP contribution in [-0.4, -0.2) is 22.1 Å². The molecule has 0 bridgehead atoms. The van der Waals surface area contributed by atoms with E-state index in [9.17, 15) is 12.8 Å². The second-order valence-electron chi connectivity index (χ2n) is 4.42. The number of hydrogen-bond acceptors (Lipinski definition) is 3. The first kappa shape index (κ1) is 16.6. The van der Waals surface area contributed by atoms with Crippen molar-refractivity contribution in [3.8, 4) is 5.75 Å². The number of methoxy groups -OCH3 is 1. The molecule has 0 aliphatic heterocycles. The molecule has 0 heterocycles. The topological polar surface area (TPSA) is 46.6 Å². The minimum atomic E-state index is -3.92. The summed E-state index contributed by atoms with van der Waals surface area (Å²) in [4.78, 5) is -0.0246. The fraction of sp³-hybridized carbons (Fsp3) is 0.200. The Morgan fingerprint density at radius 3 is 2.45 bits per heavy atom. The van der Waals surface area contributed by atoms with Gasteiger partial charge in [0.1, 0.15) is 11.6 Å². The molecule has 0 aliphatic carbocycles. The second kappa shape index (κ2) is 6.54. The van der Waals surface area contributed by atoms with Gasteiger partial charge >= 0.3 is 0 Å². The van der Waals surface area contributed by atoms with Crippen LogP contribution in [0.4, 0.5) is 10.1 Å². The third-order valence-corrected chi connectivity index (χ3v) is 5.30.